The average molecular weight is 328 g/mol. The zero-order valence-corrected chi connectivity index (χ0v) is 14.2. The summed E-state index contributed by atoms with van der Waals surface area (Å²) in [5.41, 5.74) is 1.28. The summed E-state index contributed by atoms with van der Waals surface area (Å²) in [7, 11) is 0. The minimum atomic E-state index is 0.124. The van der Waals surface area contributed by atoms with E-state index >= 15 is 0 Å². The normalized spacial score (nSPS) is 13.4. The number of halogens is 2. The summed E-state index contributed by atoms with van der Waals surface area (Å²) < 4.78 is 0. The number of hydrogen-bond donors (Lipinski definition) is 1. The molecule has 1 heterocycles. The molecular weight excluding hydrogens is 309 g/mol. The second-order valence-electron chi connectivity index (χ2n) is 5.64. The van der Waals surface area contributed by atoms with Gasteiger partial charge in [-0.1, -0.05) is 49.2 Å². The summed E-state index contributed by atoms with van der Waals surface area (Å²) in [5.74, 6) is 0. The summed E-state index contributed by atoms with van der Waals surface area (Å²) in [6.07, 6.45) is 0. The molecule has 1 N–H and O–H groups in total. The lowest BCUT2D eigenvalue weighted by Gasteiger charge is -2.26. The maximum atomic E-state index is 6.07. The van der Waals surface area contributed by atoms with Crippen LogP contribution in [0.15, 0.2) is 35.7 Å². The number of nitrogens with one attached hydrogen (secondary N) is 1. The van der Waals surface area contributed by atoms with E-state index in [1.807, 2.05) is 18.2 Å². The molecule has 1 aromatic heterocycles. The maximum absolute atomic E-state index is 6.07. The van der Waals surface area contributed by atoms with Crippen LogP contribution < -0.4 is 5.32 Å². The van der Waals surface area contributed by atoms with Crippen LogP contribution in [-0.4, -0.2) is 6.54 Å². The molecule has 0 radical (unpaired) electrons. The van der Waals surface area contributed by atoms with Crippen molar-refractivity contribution in [1.29, 1.82) is 0 Å². The smallest absolute Gasteiger partial charge is 0.0595 e. The second kappa shape index (κ2) is 6.48. The van der Waals surface area contributed by atoms with Crippen molar-refractivity contribution in [1.82, 2.24) is 5.32 Å². The quantitative estimate of drug-likeness (QED) is 0.744. The van der Waals surface area contributed by atoms with Crippen molar-refractivity contribution in [2.24, 2.45) is 0 Å². The van der Waals surface area contributed by atoms with Gasteiger partial charge in [0.2, 0.25) is 0 Å². The number of benzene rings is 1. The molecule has 108 valence electrons. The molecule has 0 fully saturated rings. The first-order valence-electron chi connectivity index (χ1n) is 6.62. The number of hydrogen-bond acceptors (Lipinski definition) is 2. The minimum Gasteiger partial charge on any atom is -0.309 e. The molecule has 1 atom stereocenters. The summed E-state index contributed by atoms with van der Waals surface area (Å²) in [4.78, 5) is 1.39. The van der Waals surface area contributed by atoms with Crippen molar-refractivity contribution in [3.05, 3.63) is 56.2 Å². The van der Waals surface area contributed by atoms with Crippen molar-refractivity contribution < 1.29 is 0 Å². The monoisotopic (exact) mass is 327 g/mol. The van der Waals surface area contributed by atoms with E-state index in [9.17, 15) is 0 Å². The molecule has 1 unspecified atom stereocenters. The standard InChI is InChI=1S/C16H19Cl2NS/c1-11(12-6-7-13(17)14(18)9-12)19-10-16(2,3)15-5-4-8-20-15/h4-9,11,19H,10H2,1-3H3. The van der Waals surface area contributed by atoms with E-state index in [2.05, 4.69) is 43.6 Å². The Morgan fingerprint density at radius 3 is 2.55 bits per heavy atom. The van der Waals surface area contributed by atoms with Gasteiger partial charge in [-0.25, -0.2) is 0 Å². The predicted octanol–water partition coefficient (Wildman–Crippen LogP) is 5.68. The highest BCUT2D eigenvalue weighted by molar-refractivity contribution is 7.10. The summed E-state index contributed by atoms with van der Waals surface area (Å²) in [6.45, 7) is 7.57. The van der Waals surface area contributed by atoms with Gasteiger partial charge in [-0.15, -0.1) is 11.3 Å². The molecule has 0 aliphatic heterocycles. The molecular formula is C16H19Cl2NS. The second-order valence-corrected chi connectivity index (χ2v) is 7.40. The Bertz CT molecular complexity index is 564. The van der Waals surface area contributed by atoms with Crippen molar-refractivity contribution >= 4 is 34.5 Å². The van der Waals surface area contributed by atoms with Gasteiger partial charge in [0.05, 0.1) is 10.0 Å². The summed E-state index contributed by atoms with van der Waals surface area (Å²) in [6, 6.07) is 10.3. The molecule has 1 nitrogen and oxygen atoms in total. The largest absolute Gasteiger partial charge is 0.309 e. The molecule has 20 heavy (non-hydrogen) atoms. The Hall–Kier alpha value is -0.540. The fraction of sp³-hybridized carbons (Fsp3) is 0.375. The van der Waals surface area contributed by atoms with E-state index in [0.717, 1.165) is 12.1 Å². The molecule has 0 aliphatic carbocycles. The molecule has 1 aromatic carbocycles. The SMILES string of the molecule is CC(NCC(C)(C)c1cccs1)c1ccc(Cl)c(Cl)c1. The first kappa shape index (κ1) is 15.8. The van der Waals surface area contributed by atoms with Crippen LogP contribution >= 0.6 is 34.5 Å². The van der Waals surface area contributed by atoms with Crippen molar-refractivity contribution in [3.63, 3.8) is 0 Å². The molecule has 2 rings (SSSR count). The first-order chi connectivity index (χ1) is 9.40. The Morgan fingerprint density at radius 1 is 1.20 bits per heavy atom. The molecule has 4 heteroatoms. The van der Waals surface area contributed by atoms with Gasteiger partial charge in [-0.3, -0.25) is 0 Å². The van der Waals surface area contributed by atoms with Gasteiger partial charge in [-0.05, 0) is 36.1 Å². The fourth-order valence-electron chi connectivity index (χ4n) is 2.06. The number of thiophene rings is 1. The Labute approximate surface area is 134 Å². The van der Waals surface area contributed by atoms with E-state index in [4.69, 9.17) is 23.2 Å². The third kappa shape index (κ3) is 3.76. The molecule has 0 spiro atoms. The zero-order valence-electron chi connectivity index (χ0n) is 11.9. The van der Waals surface area contributed by atoms with Crippen LogP contribution in [0.3, 0.4) is 0 Å². The van der Waals surface area contributed by atoms with Crippen LogP contribution in [0, 0.1) is 0 Å². The molecule has 0 amide bonds. The Morgan fingerprint density at radius 2 is 1.95 bits per heavy atom. The maximum Gasteiger partial charge on any atom is 0.0595 e. The van der Waals surface area contributed by atoms with Crippen molar-refractivity contribution in [2.45, 2.75) is 32.2 Å². The minimum absolute atomic E-state index is 0.124. The van der Waals surface area contributed by atoms with Gasteiger partial charge in [0.25, 0.3) is 0 Å². The molecule has 0 bridgehead atoms. The van der Waals surface area contributed by atoms with E-state index < -0.39 is 0 Å². The topological polar surface area (TPSA) is 12.0 Å². The zero-order chi connectivity index (χ0) is 14.8. The lowest BCUT2D eigenvalue weighted by molar-refractivity contribution is 0.441. The molecule has 0 saturated heterocycles. The van der Waals surface area contributed by atoms with Crippen molar-refractivity contribution in [3.8, 4) is 0 Å². The van der Waals surface area contributed by atoms with E-state index in [1.165, 1.54) is 4.88 Å². The Kier molecular flexibility index (Phi) is 5.14. The third-order valence-electron chi connectivity index (χ3n) is 3.48. The highest BCUT2D eigenvalue weighted by atomic mass is 35.5. The van der Waals surface area contributed by atoms with Crippen LogP contribution in [0.1, 0.15) is 37.3 Å². The summed E-state index contributed by atoms with van der Waals surface area (Å²) in [5, 5.41) is 6.91. The van der Waals surface area contributed by atoms with E-state index in [1.54, 1.807) is 11.3 Å². The van der Waals surface area contributed by atoms with Gasteiger partial charge in [0.15, 0.2) is 0 Å². The van der Waals surface area contributed by atoms with Crippen LogP contribution in [0.2, 0.25) is 10.0 Å². The fourth-order valence-corrected chi connectivity index (χ4v) is 3.22. The highest BCUT2D eigenvalue weighted by Gasteiger charge is 2.22. The lowest BCUT2D eigenvalue weighted by Crippen LogP contribution is -2.33. The predicted molar refractivity (Wildman–Crippen MR) is 90.2 cm³/mol. The van der Waals surface area contributed by atoms with Gasteiger partial charge in [-0.2, -0.15) is 0 Å². The molecule has 2 aromatic rings. The van der Waals surface area contributed by atoms with Gasteiger partial charge >= 0.3 is 0 Å². The highest BCUT2D eigenvalue weighted by Crippen LogP contribution is 2.29. The van der Waals surface area contributed by atoms with E-state index in [-0.39, 0.29) is 11.5 Å². The lowest BCUT2D eigenvalue weighted by atomic mass is 9.91. The van der Waals surface area contributed by atoms with Crippen LogP contribution in [0.25, 0.3) is 0 Å². The van der Waals surface area contributed by atoms with Crippen LogP contribution in [-0.2, 0) is 5.41 Å². The molecule has 0 aliphatic rings. The first-order valence-corrected chi connectivity index (χ1v) is 8.26. The number of rotatable bonds is 5. The van der Waals surface area contributed by atoms with Crippen molar-refractivity contribution in [2.75, 3.05) is 6.54 Å². The summed E-state index contributed by atoms with van der Waals surface area (Å²) >= 11 is 13.8. The van der Waals surface area contributed by atoms with Gasteiger partial charge in [0.1, 0.15) is 0 Å². The average Bonchev–Trinajstić information content (AvgIpc) is 2.94. The van der Waals surface area contributed by atoms with E-state index in [0.29, 0.717) is 10.0 Å². The molecule has 0 saturated carbocycles. The van der Waals surface area contributed by atoms with Gasteiger partial charge < -0.3 is 5.32 Å². The van der Waals surface area contributed by atoms with Gasteiger partial charge in [0, 0.05) is 22.9 Å². The van der Waals surface area contributed by atoms with Crippen LogP contribution in [0.5, 0.6) is 0 Å². The Balaban J connectivity index is 2.01. The van der Waals surface area contributed by atoms with Crippen LogP contribution in [0.4, 0.5) is 0 Å². The third-order valence-corrected chi connectivity index (χ3v) is 5.46.